The third-order valence-corrected chi connectivity index (χ3v) is 2.53. The lowest BCUT2D eigenvalue weighted by atomic mass is 10.0. The molecule has 0 aliphatic carbocycles. The number of aromatic amines is 1. The molecule has 88 valence electrons. The summed E-state index contributed by atoms with van der Waals surface area (Å²) in [7, 11) is 0. The molecule has 0 bridgehead atoms. The van der Waals surface area contributed by atoms with Crippen molar-refractivity contribution in [1.82, 2.24) is 10.2 Å². The minimum absolute atomic E-state index is 0.175. The Bertz CT molecular complexity index is 561. The number of fused-ring (bicyclic) bond motifs is 1. The number of hydrogen-bond donors (Lipinski definition) is 3. The molecule has 0 amide bonds. The highest BCUT2D eigenvalue weighted by Gasteiger charge is 2.20. The number of nitrogens with one attached hydrogen (secondary N) is 1. The van der Waals surface area contributed by atoms with Crippen LogP contribution in [-0.2, 0) is 0 Å². The van der Waals surface area contributed by atoms with Gasteiger partial charge in [0.2, 0.25) is 0 Å². The zero-order chi connectivity index (χ0) is 12.3. The van der Waals surface area contributed by atoms with Crippen LogP contribution in [0.3, 0.4) is 0 Å². The number of benzene rings is 1. The van der Waals surface area contributed by atoms with Gasteiger partial charge in [0.05, 0.1) is 24.4 Å². The summed E-state index contributed by atoms with van der Waals surface area (Å²) in [6.07, 6.45) is -0.665. The summed E-state index contributed by atoms with van der Waals surface area (Å²) in [6, 6.07) is 5.26. The van der Waals surface area contributed by atoms with Gasteiger partial charge in [0.15, 0.2) is 0 Å². The Kier molecular flexibility index (Phi) is 3.24. The van der Waals surface area contributed by atoms with E-state index >= 15 is 0 Å². The quantitative estimate of drug-likeness (QED) is 0.419. The van der Waals surface area contributed by atoms with Gasteiger partial charge in [0, 0.05) is 10.3 Å². The molecule has 2 unspecified atom stereocenters. The molecule has 2 atom stereocenters. The van der Waals surface area contributed by atoms with Crippen molar-refractivity contribution in [2.45, 2.75) is 12.2 Å². The first kappa shape index (κ1) is 11.4. The summed E-state index contributed by atoms with van der Waals surface area (Å²) < 4.78 is 0. The fourth-order valence-corrected chi connectivity index (χ4v) is 1.68. The molecule has 1 aromatic heterocycles. The summed E-state index contributed by atoms with van der Waals surface area (Å²) in [4.78, 5) is 2.54. The highest BCUT2D eigenvalue weighted by Crippen LogP contribution is 2.25. The second kappa shape index (κ2) is 4.84. The lowest BCUT2D eigenvalue weighted by Gasteiger charge is -2.16. The number of H-pyrrole nitrogens is 1. The zero-order valence-corrected chi connectivity index (χ0v) is 8.85. The van der Waals surface area contributed by atoms with Crippen LogP contribution in [0.25, 0.3) is 21.3 Å². The number of nitrogens with zero attached hydrogens (tertiary/aromatic N) is 4. The Morgan fingerprint density at radius 2 is 2.29 bits per heavy atom. The van der Waals surface area contributed by atoms with Crippen LogP contribution in [0.15, 0.2) is 29.5 Å². The van der Waals surface area contributed by atoms with Gasteiger partial charge in [0.25, 0.3) is 0 Å². The van der Waals surface area contributed by atoms with E-state index in [1.54, 1.807) is 18.3 Å². The molecule has 7 nitrogen and oxygen atoms in total. The van der Waals surface area contributed by atoms with E-state index in [1.807, 2.05) is 6.07 Å². The van der Waals surface area contributed by atoms with Crippen LogP contribution < -0.4 is 0 Å². The van der Waals surface area contributed by atoms with Crippen molar-refractivity contribution in [2.24, 2.45) is 5.11 Å². The molecule has 17 heavy (non-hydrogen) atoms. The van der Waals surface area contributed by atoms with E-state index in [9.17, 15) is 10.2 Å². The van der Waals surface area contributed by atoms with Crippen molar-refractivity contribution in [3.8, 4) is 0 Å². The molecule has 0 aliphatic heterocycles. The highest BCUT2D eigenvalue weighted by molar-refractivity contribution is 5.81. The number of azide groups is 1. The van der Waals surface area contributed by atoms with Crippen molar-refractivity contribution in [2.75, 3.05) is 6.54 Å². The normalized spacial score (nSPS) is 14.2. The van der Waals surface area contributed by atoms with Crippen LogP contribution in [-0.4, -0.2) is 33.1 Å². The van der Waals surface area contributed by atoms with Gasteiger partial charge in [-0.25, -0.2) is 0 Å². The van der Waals surface area contributed by atoms with Crippen LogP contribution >= 0.6 is 0 Å². The lowest BCUT2D eigenvalue weighted by molar-refractivity contribution is 0.0253. The van der Waals surface area contributed by atoms with Gasteiger partial charge in [0.1, 0.15) is 6.10 Å². The van der Waals surface area contributed by atoms with Crippen LogP contribution in [0, 0.1) is 0 Å². The van der Waals surface area contributed by atoms with E-state index < -0.39 is 12.2 Å². The van der Waals surface area contributed by atoms with Gasteiger partial charge >= 0.3 is 0 Å². The van der Waals surface area contributed by atoms with Crippen LogP contribution in [0.1, 0.15) is 11.7 Å². The molecule has 3 N–H and O–H groups in total. The molecule has 7 heteroatoms. The van der Waals surface area contributed by atoms with Crippen molar-refractivity contribution in [3.63, 3.8) is 0 Å². The summed E-state index contributed by atoms with van der Waals surface area (Å²) in [5, 5.41) is 30.2. The first-order valence-electron chi connectivity index (χ1n) is 5.03. The first-order valence-corrected chi connectivity index (χ1v) is 5.03. The molecule has 1 aromatic carbocycles. The molecule has 2 rings (SSSR count). The average molecular weight is 233 g/mol. The standard InChI is InChI=1S/C10H11N5O2/c11-15-13-5-9(16)10(17)6-2-1-3-8-7(6)4-12-14-8/h1-4,9-10,16-17H,5H2,(H,12,14). The molecule has 1 heterocycles. The Morgan fingerprint density at radius 3 is 3.06 bits per heavy atom. The van der Waals surface area contributed by atoms with E-state index in [0.29, 0.717) is 5.56 Å². The lowest BCUT2D eigenvalue weighted by Crippen LogP contribution is -2.21. The van der Waals surface area contributed by atoms with Gasteiger partial charge < -0.3 is 10.2 Å². The molecule has 0 saturated heterocycles. The second-order valence-electron chi connectivity index (χ2n) is 3.60. The Labute approximate surface area is 96.3 Å². The van der Waals surface area contributed by atoms with Crippen molar-refractivity contribution in [3.05, 3.63) is 40.4 Å². The van der Waals surface area contributed by atoms with E-state index in [0.717, 1.165) is 10.9 Å². The zero-order valence-electron chi connectivity index (χ0n) is 8.85. The molecule has 0 saturated carbocycles. The minimum Gasteiger partial charge on any atom is -0.390 e. The van der Waals surface area contributed by atoms with E-state index in [2.05, 4.69) is 20.2 Å². The van der Waals surface area contributed by atoms with Crippen molar-refractivity contribution < 1.29 is 10.2 Å². The number of hydrogen-bond acceptors (Lipinski definition) is 4. The number of rotatable bonds is 4. The molecule has 0 fully saturated rings. The number of aliphatic hydroxyl groups is 2. The molecule has 2 aromatic rings. The average Bonchev–Trinajstić information content (AvgIpc) is 2.82. The van der Waals surface area contributed by atoms with Crippen LogP contribution in [0.4, 0.5) is 0 Å². The van der Waals surface area contributed by atoms with Gasteiger partial charge in [-0.1, -0.05) is 17.2 Å². The number of aliphatic hydroxyl groups excluding tert-OH is 2. The fourth-order valence-electron chi connectivity index (χ4n) is 1.68. The smallest absolute Gasteiger partial charge is 0.106 e. The monoisotopic (exact) mass is 233 g/mol. The predicted molar refractivity (Wildman–Crippen MR) is 61.1 cm³/mol. The van der Waals surface area contributed by atoms with E-state index in [4.69, 9.17) is 5.53 Å². The van der Waals surface area contributed by atoms with Gasteiger partial charge in [-0.3, -0.25) is 5.10 Å². The predicted octanol–water partition coefficient (Wildman–Crippen LogP) is 1.27. The maximum absolute atomic E-state index is 9.96. The van der Waals surface area contributed by atoms with Crippen molar-refractivity contribution >= 4 is 10.9 Å². The van der Waals surface area contributed by atoms with Gasteiger partial charge in [-0.2, -0.15) is 5.10 Å². The first-order chi connectivity index (χ1) is 8.24. The Morgan fingerprint density at radius 1 is 1.47 bits per heavy atom. The summed E-state index contributed by atoms with van der Waals surface area (Å²) in [5.74, 6) is 0. The highest BCUT2D eigenvalue weighted by atomic mass is 16.3. The molecule has 0 spiro atoms. The number of aromatic nitrogens is 2. The maximum Gasteiger partial charge on any atom is 0.106 e. The molecular weight excluding hydrogens is 222 g/mol. The van der Waals surface area contributed by atoms with E-state index in [-0.39, 0.29) is 6.54 Å². The van der Waals surface area contributed by atoms with Gasteiger partial charge in [-0.05, 0) is 17.2 Å². The fraction of sp³-hybridized carbons (Fsp3) is 0.300. The van der Waals surface area contributed by atoms with Crippen LogP contribution in [0.5, 0.6) is 0 Å². The van der Waals surface area contributed by atoms with Gasteiger partial charge in [-0.15, -0.1) is 0 Å². The third kappa shape index (κ3) is 2.21. The topological polar surface area (TPSA) is 118 Å². The molecule has 0 aliphatic rings. The molecular formula is C10H11N5O2. The Balaban J connectivity index is 2.32. The van der Waals surface area contributed by atoms with E-state index in [1.165, 1.54) is 0 Å². The van der Waals surface area contributed by atoms with Crippen LogP contribution in [0.2, 0.25) is 0 Å². The molecule has 0 radical (unpaired) electrons. The maximum atomic E-state index is 9.96. The minimum atomic E-state index is -1.13. The largest absolute Gasteiger partial charge is 0.390 e. The third-order valence-electron chi connectivity index (χ3n) is 2.53. The summed E-state index contributed by atoms with van der Waals surface area (Å²) in [5.41, 5.74) is 9.48. The second-order valence-corrected chi connectivity index (χ2v) is 3.60. The SMILES string of the molecule is [N-]=[N+]=NCC(O)C(O)c1cccc2[nH]ncc12. The Hall–Kier alpha value is -2.08. The summed E-state index contributed by atoms with van der Waals surface area (Å²) >= 11 is 0. The van der Waals surface area contributed by atoms with Crippen molar-refractivity contribution in [1.29, 1.82) is 0 Å². The summed E-state index contributed by atoms with van der Waals surface area (Å²) in [6.45, 7) is -0.175.